The van der Waals surface area contributed by atoms with Gasteiger partial charge in [0.15, 0.2) is 5.82 Å². The quantitative estimate of drug-likeness (QED) is 0.560. The molecule has 3 rings (SSSR count). The number of nitrogens with zero attached hydrogens (tertiary/aromatic N) is 4. The second-order valence-electron chi connectivity index (χ2n) is 5.70. The van der Waals surface area contributed by atoms with Crippen LogP contribution in [0.4, 0.5) is 11.6 Å². The Bertz CT molecular complexity index is 913. The monoisotopic (exact) mass is 355 g/mol. The van der Waals surface area contributed by atoms with Crippen molar-refractivity contribution in [3.05, 3.63) is 40.8 Å². The molecule has 4 N–H and O–H groups in total. The highest BCUT2D eigenvalue weighted by Gasteiger charge is 2.09. The van der Waals surface area contributed by atoms with Crippen LogP contribution in [0.2, 0.25) is 5.02 Å². The number of benzene rings is 1. The number of halogens is 1. The second kappa shape index (κ2) is 7.81. The Balaban J connectivity index is 1.47. The van der Waals surface area contributed by atoms with E-state index in [1.807, 2.05) is 18.2 Å². The van der Waals surface area contributed by atoms with Gasteiger partial charge in [0.2, 0.25) is 0 Å². The third kappa shape index (κ3) is 3.98. The Morgan fingerprint density at radius 3 is 2.96 bits per heavy atom. The van der Waals surface area contributed by atoms with Crippen LogP contribution in [0.5, 0.6) is 0 Å². The van der Waals surface area contributed by atoms with Crippen LogP contribution in [-0.2, 0) is 6.42 Å². The van der Waals surface area contributed by atoms with Crippen molar-refractivity contribution in [2.45, 2.75) is 25.7 Å². The van der Waals surface area contributed by atoms with E-state index in [0.29, 0.717) is 10.6 Å². The molecule has 0 saturated carbocycles. The van der Waals surface area contributed by atoms with Gasteiger partial charge in [-0.1, -0.05) is 18.0 Å². The molecule has 2 aromatic heterocycles. The lowest BCUT2D eigenvalue weighted by Crippen LogP contribution is -2.04. The molecule has 0 aliphatic rings. The van der Waals surface area contributed by atoms with Gasteiger partial charge in [0.1, 0.15) is 23.8 Å². The van der Waals surface area contributed by atoms with E-state index in [2.05, 4.69) is 31.6 Å². The van der Waals surface area contributed by atoms with Gasteiger partial charge in [0, 0.05) is 17.0 Å². The molecule has 0 saturated heterocycles. The smallest absolute Gasteiger partial charge is 0.163 e. The summed E-state index contributed by atoms with van der Waals surface area (Å²) < 4.78 is 0. The zero-order chi connectivity index (χ0) is 17.6. The van der Waals surface area contributed by atoms with E-state index in [1.54, 1.807) is 0 Å². The highest BCUT2D eigenvalue weighted by molar-refractivity contribution is 6.31. The molecule has 0 bridgehead atoms. The maximum Gasteiger partial charge on any atom is 0.163 e. The number of anilines is 2. The number of aryl methyl sites for hydroxylation is 1. The minimum absolute atomic E-state index is 0.273. The van der Waals surface area contributed by atoms with Gasteiger partial charge < -0.3 is 11.1 Å². The maximum atomic E-state index is 9.04. The zero-order valence-corrected chi connectivity index (χ0v) is 14.3. The number of nitrogens with one attached hydrogen (secondary N) is 2. The summed E-state index contributed by atoms with van der Waals surface area (Å²) in [5.74, 6) is 1.09. The Hall–Kier alpha value is -2.85. The second-order valence-corrected chi connectivity index (χ2v) is 6.13. The molecule has 0 spiro atoms. The number of hydrogen-bond donors (Lipinski definition) is 3. The third-order valence-corrected chi connectivity index (χ3v) is 4.21. The standard InChI is InChI=1S/C17H18ClN7/c18-11-5-6-12-15(8-11)22-10-23-17(12)21-7-3-1-2-4-14-13(9-19)16(20)25-24-14/h5-6,8,10H,1-4,7H2,(H3,20,24,25)(H,21,22,23). The molecule has 0 aliphatic carbocycles. The highest BCUT2D eigenvalue weighted by Crippen LogP contribution is 2.22. The summed E-state index contributed by atoms with van der Waals surface area (Å²) >= 11 is 5.99. The predicted molar refractivity (Wildman–Crippen MR) is 98.3 cm³/mol. The number of unbranched alkanes of at least 4 members (excludes halogenated alkanes) is 2. The topological polar surface area (TPSA) is 116 Å². The average Bonchev–Trinajstić information content (AvgIpc) is 2.97. The first-order valence-corrected chi connectivity index (χ1v) is 8.44. The van der Waals surface area contributed by atoms with Gasteiger partial charge >= 0.3 is 0 Å². The van der Waals surface area contributed by atoms with Crippen LogP contribution in [0.15, 0.2) is 24.5 Å². The van der Waals surface area contributed by atoms with Gasteiger partial charge in [-0.05, 0) is 37.5 Å². The van der Waals surface area contributed by atoms with Crippen LogP contribution in [0.3, 0.4) is 0 Å². The summed E-state index contributed by atoms with van der Waals surface area (Å²) in [6.07, 6.45) is 5.27. The molecular weight excluding hydrogens is 338 g/mol. The van der Waals surface area contributed by atoms with E-state index in [9.17, 15) is 0 Å². The first-order chi connectivity index (χ1) is 12.2. The van der Waals surface area contributed by atoms with E-state index < -0.39 is 0 Å². The number of aromatic amines is 1. The summed E-state index contributed by atoms with van der Waals surface area (Å²) in [4.78, 5) is 8.53. The summed E-state index contributed by atoms with van der Waals surface area (Å²) in [6, 6.07) is 7.67. The molecule has 25 heavy (non-hydrogen) atoms. The molecule has 3 aromatic rings. The van der Waals surface area contributed by atoms with Gasteiger partial charge in [0.25, 0.3) is 0 Å². The summed E-state index contributed by atoms with van der Waals surface area (Å²) in [5, 5.41) is 20.7. The lowest BCUT2D eigenvalue weighted by atomic mass is 10.1. The van der Waals surface area contributed by atoms with Crippen LogP contribution < -0.4 is 11.1 Å². The molecule has 0 unspecified atom stereocenters. The van der Waals surface area contributed by atoms with Gasteiger partial charge in [-0.15, -0.1) is 0 Å². The van der Waals surface area contributed by atoms with Crippen LogP contribution >= 0.6 is 11.6 Å². The molecule has 0 radical (unpaired) electrons. The van der Waals surface area contributed by atoms with E-state index in [1.165, 1.54) is 6.33 Å². The predicted octanol–water partition coefficient (Wildman–Crippen LogP) is 3.29. The van der Waals surface area contributed by atoms with Gasteiger partial charge in [-0.2, -0.15) is 10.4 Å². The number of nitrogen functional groups attached to an aromatic ring is 1. The van der Waals surface area contributed by atoms with Crippen LogP contribution in [0.25, 0.3) is 10.9 Å². The highest BCUT2D eigenvalue weighted by atomic mass is 35.5. The molecule has 2 heterocycles. The van der Waals surface area contributed by atoms with Gasteiger partial charge in [-0.3, -0.25) is 5.10 Å². The van der Waals surface area contributed by atoms with Crippen molar-refractivity contribution < 1.29 is 0 Å². The number of fused-ring (bicyclic) bond motifs is 1. The minimum Gasteiger partial charge on any atom is -0.381 e. The van der Waals surface area contributed by atoms with E-state index in [4.69, 9.17) is 22.6 Å². The zero-order valence-electron chi connectivity index (χ0n) is 13.6. The van der Waals surface area contributed by atoms with Crippen molar-refractivity contribution in [1.29, 1.82) is 5.26 Å². The number of nitrogens with two attached hydrogens (primary N) is 1. The molecular formula is C17H18ClN7. The molecule has 0 aliphatic heterocycles. The molecule has 0 atom stereocenters. The van der Waals surface area contributed by atoms with Crippen LogP contribution in [-0.4, -0.2) is 26.7 Å². The Kier molecular flexibility index (Phi) is 5.31. The Morgan fingerprint density at radius 2 is 2.12 bits per heavy atom. The van der Waals surface area contributed by atoms with Crippen molar-refractivity contribution in [3.8, 4) is 6.07 Å². The molecule has 0 fully saturated rings. The normalized spacial score (nSPS) is 10.7. The van der Waals surface area contributed by atoms with Crippen molar-refractivity contribution in [2.24, 2.45) is 0 Å². The van der Waals surface area contributed by atoms with Crippen molar-refractivity contribution in [3.63, 3.8) is 0 Å². The van der Waals surface area contributed by atoms with Gasteiger partial charge in [0.05, 0.1) is 11.2 Å². The van der Waals surface area contributed by atoms with Gasteiger partial charge in [-0.25, -0.2) is 9.97 Å². The van der Waals surface area contributed by atoms with Crippen LogP contribution in [0, 0.1) is 11.3 Å². The summed E-state index contributed by atoms with van der Waals surface area (Å²) in [5.41, 5.74) is 7.73. The number of nitriles is 1. The lowest BCUT2D eigenvalue weighted by molar-refractivity contribution is 0.687. The molecule has 8 heteroatoms. The molecule has 128 valence electrons. The van der Waals surface area contributed by atoms with E-state index in [-0.39, 0.29) is 5.82 Å². The first-order valence-electron chi connectivity index (χ1n) is 8.06. The fourth-order valence-electron chi connectivity index (χ4n) is 2.68. The fraction of sp³-hybridized carbons (Fsp3) is 0.294. The number of rotatable bonds is 7. The fourth-order valence-corrected chi connectivity index (χ4v) is 2.85. The average molecular weight is 356 g/mol. The van der Waals surface area contributed by atoms with Crippen molar-refractivity contribution in [1.82, 2.24) is 20.2 Å². The molecule has 7 nitrogen and oxygen atoms in total. The van der Waals surface area contributed by atoms with E-state index in [0.717, 1.165) is 54.6 Å². The maximum absolute atomic E-state index is 9.04. The van der Waals surface area contributed by atoms with Crippen molar-refractivity contribution >= 4 is 34.1 Å². The number of aromatic nitrogens is 4. The summed E-state index contributed by atoms with van der Waals surface area (Å²) in [7, 11) is 0. The Morgan fingerprint density at radius 1 is 1.24 bits per heavy atom. The number of hydrogen-bond acceptors (Lipinski definition) is 6. The summed E-state index contributed by atoms with van der Waals surface area (Å²) in [6.45, 7) is 0.810. The first kappa shape index (κ1) is 17.0. The lowest BCUT2D eigenvalue weighted by Gasteiger charge is -2.08. The molecule has 1 aromatic carbocycles. The Labute approximate surface area is 150 Å². The molecule has 0 amide bonds. The van der Waals surface area contributed by atoms with E-state index >= 15 is 0 Å². The largest absolute Gasteiger partial charge is 0.381 e. The third-order valence-electron chi connectivity index (χ3n) is 3.98. The van der Waals surface area contributed by atoms with Crippen molar-refractivity contribution in [2.75, 3.05) is 17.6 Å². The van der Waals surface area contributed by atoms with Crippen LogP contribution in [0.1, 0.15) is 30.5 Å². The number of H-pyrrole nitrogens is 1. The minimum atomic E-state index is 0.273. The SMILES string of the molecule is N#Cc1c(N)n[nH]c1CCCCCNc1ncnc2cc(Cl)ccc12.